The highest BCUT2D eigenvalue weighted by atomic mass is 16.5. The molecule has 8 rings (SSSR count). The number of fused-ring (bicyclic) bond motifs is 7. The van der Waals surface area contributed by atoms with E-state index < -0.39 is 17.3 Å². The minimum Gasteiger partial charge on any atom is -0.481 e. The number of nitrogens with zero attached hydrogens (tertiary/aromatic N) is 1. The highest BCUT2D eigenvalue weighted by Gasteiger charge is 2.73. The maximum Gasteiger partial charge on any atom is 0.309 e. The molecule has 1 amide bonds. The third-order valence-electron chi connectivity index (χ3n) is 19.4. The molecule has 0 aromatic carbocycles. The summed E-state index contributed by atoms with van der Waals surface area (Å²) in [5, 5.41) is 13.4. The van der Waals surface area contributed by atoms with Crippen molar-refractivity contribution in [3.05, 3.63) is 0 Å². The van der Waals surface area contributed by atoms with Gasteiger partial charge in [0.1, 0.15) is 6.10 Å². The van der Waals surface area contributed by atoms with Crippen molar-refractivity contribution < 1.29 is 29.0 Å². The van der Waals surface area contributed by atoms with Crippen molar-refractivity contribution >= 4 is 17.8 Å². The number of carboxylic acids is 1. The molecule has 0 bridgehead atoms. The Balaban J connectivity index is 1.02. The standard InChI is InChI=1S/C46H74N2O6/c1-40(2,27-48-22-24-53-25-23-48)47-39(52)46-19-14-29(28-10-11-28)36(46)30-12-13-34-43(7)17-16-35(54-38(51)32-26-31(37(49)50)41(32,3)4)42(5,6)33(43)15-18-45(34,9)44(30,8)20-21-46/h28-36H,10-27H2,1-9H3,(H,47,52)(H,49,50)/t29-,30+,31-,32+,33-,34+,35-,36+,43-,44+,45+,46-/m0/s1. The number of amides is 1. The van der Waals surface area contributed by atoms with Crippen LogP contribution in [0.3, 0.4) is 0 Å². The predicted molar refractivity (Wildman–Crippen MR) is 209 cm³/mol. The van der Waals surface area contributed by atoms with Crippen LogP contribution in [0.2, 0.25) is 0 Å². The number of aliphatic carboxylic acids is 1. The van der Waals surface area contributed by atoms with Crippen LogP contribution in [-0.2, 0) is 23.9 Å². The van der Waals surface area contributed by atoms with Crippen LogP contribution in [0.4, 0.5) is 0 Å². The summed E-state index contributed by atoms with van der Waals surface area (Å²) in [4.78, 5) is 42.8. The van der Waals surface area contributed by atoms with Gasteiger partial charge in [0.2, 0.25) is 5.91 Å². The molecule has 0 aromatic rings. The van der Waals surface area contributed by atoms with Crippen LogP contribution in [0.15, 0.2) is 0 Å². The van der Waals surface area contributed by atoms with Gasteiger partial charge >= 0.3 is 11.9 Å². The van der Waals surface area contributed by atoms with Crippen molar-refractivity contribution in [2.24, 2.45) is 79.8 Å². The number of morpholine rings is 1. The van der Waals surface area contributed by atoms with Gasteiger partial charge in [-0.2, -0.15) is 0 Å². The number of ether oxygens (including phenoxy) is 2. The van der Waals surface area contributed by atoms with Crippen LogP contribution in [0.1, 0.15) is 146 Å². The molecule has 8 aliphatic rings. The molecule has 2 N–H and O–H groups in total. The van der Waals surface area contributed by atoms with Gasteiger partial charge in [0, 0.05) is 30.6 Å². The molecular formula is C46H74N2O6. The highest BCUT2D eigenvalue weighted by Crippen LogP contribution is 2.78. The second kappa shape index (κ2) is 12.9. The van der Waals surface area contributed by atoms with Crippen molar-refractivity contribution in [1.29, 1.82) is 0 Å². The first-order valence-corrected chi connectivity index (χ1v) is 22.3. The van der Waals surface area contributed by atoms with E-state index in [9.17, 15) is 19.5 Å². The maximum absolute atomic E-state index is 14.9. The normalized spacial score (nSPS) is 46.8. The number of nitrogens with one attached hydrogen (secondary N) is 1. The summed E-state index contributed by atoms with van der Waals surface area (Å²) in [5.74, 6) is 2.16. The van der Waals surface area contributed by atoms with Gasteiger partial charge in [-0.3, -0.25) is 19.3 Å². The SMILES string of the molecule is CC(C)(CN1CCOCC1)NC(=O)[C@]12CC[C@@H](C3CC3)[C@@H]1[C@H]1CC[C@@H]3[C@@]4(C)CC[C@H](OC(=O)[C@H]5C[C@@H](C(=O)O)C5(C)C)C(C)(C)[C@@H]4CC[C@@]3(C)[C@]1(C)CC2. The number of carbonyl (C=O) groups excluding carboxylic acids is 2. The number of hydrogen-bond acceptors (Lipinski definition) is 6. The second-order valence-corrected chi connectivity index (χ2v) is 22.9. The maximum atomic E-state index is 14.9. The van der Waals surface area contributed by atoms with E-state index in [2.05, 4.69) is 58.7 Å². The Labute approximate surface area is 326 Å². The summed E-state index contributed by atoms with van der Waals surface area (Å²) in [6.45, 7) is 25.3. The van der Waals surface area contributed by atoms with E-state index in [1.54, 1.807) is 0 Å². The van der Waals surface area contributed by atoms with Crippen LogP contribution < -0.4 is 5.32 Å². The molecule has 304 valence electrons. The van der Waals surface area contributed by atoms with Crippen molar-refractivity contribution in [3.63, 3.8) is 0 Å². The number of esters is 1. The minimum atomic E-state index is -0.808. The molecule has 12 atom stereocenters. The van der Waals surface area contributed by atoms with Gasteiger partial charge in [-0.05, 0) is 154 Å². The molecule has 7 saturated carbocycles. The molecule has 0 radical (unpaired) electrons. The van der Waals surface area contributed by atoms with E-state index in [0.717, 1.165) is 77.3 Å². The topological polar surface area (TPSA) is 105 Å². The molecule has 1 aliphatic heterocycles. The Bertz CT molecular complexity index is 1510. The molecule has 1 saturated heterocycles. The lowest BCUT2D eigenvalue weighted by Crippen LogP contribution is -2.68. The summed E-state index contributed by atoms with van der Waals surface area (Å²) < 4.78 is 12.1. The molecule has 0 spiro atoms. The van der Waals surface area contributed by atoms with Crippen molar-refractivity contribution in [3.8, 4) is 0 Å². The summed E-state index contributed by atoms with van der Waals surface area (Å²) >= 11 is 0. The number of hydrogen-bond donors (Lipinski definition) is 2. The van der Waals surface area contributed by atoms with E-state index in [4.69, 9.17) is 9.47 Å². The smallest absolute Gasteiger partial charge is 0.309 e. The zero-order valence-electron chi connectivity index (χ0n) is 35.4. The molecule has 8 heteroatoms. The molecule has 8 fully saturated rings. The van der Waals surface area contributed by atoms with Crippen LogP contribution in [-0.4, -0.2) is 72.3 Å². The predicted octanol–water partition coefficient (Wildman–Crippen LogP) is 8.36. The Morgan fingerprint density at radius 2 is 1.48 bits per heavy atom. The van der Waals surface area contributed by atoms with Gasteiger partial charge in [0.15, 0.2) is 0 Å². The molecule has 0 aromatic heterocycles. The fourth-order valence-electron chi connectivity index (χ4n) is 16.0. The van der Waals surface area contributed by atoms with Crippen molar-refractivity contribution in [1.82, 2.24) is 10.2 Å². The quantitative estimate of drug-likeness (QED) is 0.240. The fourth-order valence-corrected chi connectivity index (χ4v) is 16.0. The van der Waals surface area contributed by atoms with E-state index >= 15 is 0 Å². The zero-order chi connectivity index (χ0) is 38.9. The lowest BCUT2D eigenvalue weighted by molar-refractivity contribution is -0.251. The van der Waals surface area contributed by atoms with Gasteiger partial charge in [-0.25, -0.2) is 0 Å². The van der Waals surface area contributed by atoms with Gasteiger partial charge < -0.3 is 19.9 Å². The molecule has 1 heterocycles. The average molecular weight is 751 g/mol. The van der Waals surface area contributed by atoms with Crippen molar-refractivity contribution in [2.75, 3.05) is 32.8 Å². The number of rotatable bonds is 8. The monoisotopic (exact) mass is 751 g/mol. The third-order valence-corrected chi connectivity index (χ3v) is 19.4. The Kier molecular flexibility index (Phi) is 9.37. The van der Waals surface area contributed by atoms with Crippen LogP contribution >= 0.6 is 0 Å². The average Bonchev–Trinajstić information content (AvgIpc) is 3.85. The lowest BCUT2D eigenvalue weighted by Gasteiger charge is -2.73. The van der Waals surface area contributed by atoms with E-state index in [0.29, 0.717) is 41.9 Å². The molecule has 7 aliphatic carbocycles. The summed E-state index contributed by atoms with van der Waals surface area (Å²) in [6.07, 6.45) is 14.2. The van der Waals surface area contributed by atoms with E-state index in [1.165, 1.54) is 38.5 Å². The van der Waals surface area contributed by atoms with Crippen LogP contribution in [0.25, 0.3) is 0 Å². The molecular weight excluding hydrogens is 677 g/mol. The number of carboxylic acid groups (broad SMARTS) is 1. The summed E-state index contributed by atoms with van der Waals surface area (Å²) in [7, 11) is 0. The highest BCUT2D eigenvalue weighted by molar-refractivity contribution is 5.84. The van der Waals surface area contributed by atoms with Crippen LogP contribution in [0, 0.1) is 79.8 Å². The van der Waals surface area contributed by atoms with Gasteiger partial charge in [0.05, 0.1) is 30.5 Å². The number of carbonyl (C=O) groups is 3. The van der Waals surface area contributed by atoms with Crippen LogP contribution in [0.5, 0.6) is 0 Å². The first kappa shape index (κ1) is 39.2. The van der Waals surface area contributed by atoms with Gasteiger partial charge in [-0.1, -0.05) is 48.5 Å². The Morgan fingerprint density at radius 1 is 0.778 bits per heavy atom. The van der Waals surface area contributed by atoms with Crippen molar-refractivity contribution in [2.45, 2.75) is 157 Å². The second-order valence-electron chi connectivity index (χ2n) is 22.9. The zero-order valence-corrected chi connectivity index (χ0v) is 35.4. The van der Waals surface area contributed by atoms with E-state index in [-0.39, 0.29) is 50.6 Å². The molecule has 0 unspecified atom stereocenters. The summed E-state index contributed by atoms with van der Waals surface area (Å²) in [5.41, 5.74) is -0.686. The largest absolute Gasteiger partial charge is 0.481 e. The van der Waals surface area contributed by atoms with Gasteiger partial charge in [-0.15, -0.1) is 0 Å². The minimum absolute atomic E-state index is 0.141. The molecule has 8 nitrogen and oxygen atoms in total. The van der Waals surface area contributed by atoms with E-state index in [1.807, 2.05) is 13.8 Å². The van der Waals surface area contributed by atoms with Gasteiger partial charge in [0.25, 0.3) is 0 Å². The Morgan fingerprint density at radius 3 is 2.13 bits per heavy atom. The third kappa shape index (κ3) is 5.72. The first-order valence-electron chi connectivity index (χ1n) is 22.3. The molecule has 54 heavy (non-hydrogen) atoms. The Hall–Kier alpha value is -1.67. The summed E-state index contributed by atoms with van der Waals surface area (Å²) in [6, 6.07) is 0. The lowest BCUT2D eigenvalue weighted by atomic mass is 9.32. The fraction of sp³-hybridized carbons (Fsp3) is 0.935. The first-order chi connectivity index (χ1) is 25.2.